The molecular formula is C49H36N4. The molecule has 53 heavy (non-hydrogen) atoms. The van der Waals surface area contributed by atoms with E-state index in [1.54, 1.807) is 0 Å². The number of para-hydroxylation sites is 2. The average molecular weight is 681 g/mol. The Bertz CT molecular complexity index is 2910. The summed E-state index contributed by atoms with van der Waals surface area (Å²) in [5, 5.41) is 5.93. The highest BCUT2D eigenvalue weighted by atomic mass is 15.2. The lowest BCUT2D eigenvalue weighted by Gasteiger charge is -2.38. The molecule has 0 amide bonds. The van der Waals surface area contributed by atoms with Gasteiger partial charge in [-0.3, -0.25) is 4.57 Å². The van der Waals surface area contributed by atoms with E-state index in [1.807, 2.05) is 0 Å². The summed E-state index contributed by atoms with van der Waals surface area (Å²) in [5.41, 5.74) is 11.7. The van der Waals surface area contributed by atoms with Gasteiger partial charge in [-0.15, -0.1) is 0 Å². The van der Waals surface area contributed by atoms with E-state index in [2.05, 4.69) is 186 Å². The van der Waals surface area contributed by atoms with Crippen molar-refractivity contribution < 1.29 is 0 Å². The van der Waals surface area contributed by atoms with Gasteiger partial charge in [0, 0.05) is 33.0 Å². The van der Waals surface area contributed by atoms with Crippen molar-refractivity contribution in [3.63, 3.8) is 0 Å². The molecule has 2 aliphatic carbocycles. The quantitative estimate of drug-likeness (QED) is 0.186. The molecule has 0 spiro atoms. The molecule has 1 aliphatic heterocycles. The van der Waals surface area contributed by atoms with Gasteiger partial charge in [-0.25, -0.2) is 9.97 Å². The zero-order valence-corrected chi connectivity index (χ0v) is 29.4. The molecule has 4 nitrogen and oxygen atoms in total. The second kappa shape index (κ2) is 11.8. The SMILES string of the molecule is CC1C=CC=CC1N1c2ccccc2C2=CC(c3ccc4c(c3)c3c5ccccc5ccc3n4-c3nc(-c4ccccc4)c4ccccc4n3)=CCC21. The Morgan fingerprint density at radius 3 is 2.32 bits per heavy atom. The van der Waals surface area contributed by atoms with E-state index in [1.165, 1.54) is 49.5 Å². The third-order valence-electron chi connectivity index (χ3n) is 11.6. The summed E-state index contributed by atoms with van der Waals surface area (Å²) in [5.74, 6) is 1.12. The van der Waals surface area contributed by atoms with Crippen molar-refractivity contribution in [3.05, 3.63) is 181 Å². The van der Waals surface area contributed by atoms with Crippen molar-refractivity contribution in [2.24, 2.45) is 5.92 Å². The largest absolute Gasteiger partial charge is 0.357 e. The molecule has 6 aromatic carbocycles. The van der Waals surface area contributed by atoms with Gasteiger partial charge in [0.25, 0.3) is 0 Å². The number of benzene rings is 6. The Labute approximate surface area is 308 Å². The maximum atomic E-state index is 5.33. The Hall–Kier alpha value is -6.52. The maximum absolute atomic E-state index is 5.33. The molecule has 0 saturated carbocycles. The zero-order chi connectivity index (χ0) is 35.0. The van der Waals surface area contributed by atoms with E-state index < -0.39 is 0 Å². The number of hydrogen-bond acceptors (Lipinski definition) is 3. The lowest BCUT2D eigenvalue weighted by molar-refractivity contribution is 0.541. The highest BCUT2D eigenvalue weighted by molar-refractivity contribution is 6.21. The molecule has 2 aromatic heterocycles. The van der Waals surface area contributed by atoms with E-state index in [0.29, 0.717) is 23.9 Å². The van der Waals surface area contributed by atoms with Crippen LogP contribution in [0.4, 0.5) is 5.69 Å². The Morgan fingerprint density at radius 1 is 0.642 bits per heavy atom. The molecule has 252 valence electrons. The summed E-state index contributed by atoms with van der Waals surface area (Å²) in [4.78, 5) is 13.2. The van der Waals surface area contributed by atoms with Crippen LogP contribution >= 0.6 is 0 Å². The number of hydrogen-bond donors (Lipinski definition) is 0. The van der Waals surface area contributed by atoms with Crippen molar-refractivity contribution in [3.8, 4) is 17.2 Å². The van der Waals surface area contributed by atoms with E-state index in [-0.39, 0.29) is 0 Å². The van der Waals surface area contributed by atoms with Crippen LogP contribution in [0.3, 0.4) is 0 Å². The van der Waals surface area contributed by atoms with Crippen LogP contribution in [0.2, 0.25) is 0 Å². The molecule has 3 atom stereocenters. The smallest absolute Gasteiger partial charge is 0.235 e. The van der Waals surface area contributed by atoms with Gasteiger partial charge in [0.2, 0.25) is 5.95 Å². The molecule has 11 rings (SSSR count). The molecule has 8 aromatic rings. The number of anilines is 1. The van der Waals surface area contributed by atoms with Crippen LogP contribution in [-0.2, 0) is 0 Å². The molecule has 0 fully saturated rings. The van der Waals surface area contributed by atoms with Crippen molar-refractivity contribution in [2.45, 2.75) is 25.4 Å². The van der Waals surface area contributed by atoms with Gasteiger partial charge in [-0.1, -0.05) is 140 Å². The van der Waals surface area contributed by atoms with Gasteiger partial charge in [0.15, 0.2) is 0 Å². The third-order valence-corrected chi connectivity index (χ3v) is 11.6. The van der Waals surface area contributed by atoms with E-state index in [0.717, 1.165) is 39.6 Å². The van der Waals surface area contributed by atoms with Gasteiger partial charge >= 0.3 is 0 Å². The maximum Gasteiger partial charge on any atom is 0.235 e. The lowest BCUT2D eigenvalue weighted by atomic mass is 9.87. The van der Waals surface area contributed by atoms with Crippen molar-refractivity contribution in [1.82, 2.24) is 14.5 Å². The first kappa shape index (κ1) is 30.1. The standard InChI is InChI=1S/C49H36N4/c1-31-13-5-11-21-42(31)52-43-22-12-9-18-37(43)39-29-34(24-26-44(39)52)35-25-27-45-40(30-35)47-36-17-7-6-14-32(36)23-28-46(47)53(45)49-50-41-20-10-8-19-38(41)48(51-49)33-15-3-2-4-16-33/h2-25,27-31,42,44H,26H2,1H3. The summed E-state index contributed by atoms with van der Waals surface area (Å²) in [6, 6.07) is 48.6. The average Bonchev–Trinajstić information content (AvgIpc) is 3.73. The number of nitrogens with zero attached hydrogens (tertiary/aromatic N) is 4. The monoisotopic (exact) mass is 680 g/mol. The Morgan fingerprint density at radius 2 is 1.42 bits per heavy atom. The van der Waals surface area contributed by atoms with Crippen molar-refractivity contribution in [1.29, 1.82) is 0 Å². The summed E-state index contributed by atoms with van der Waals surface area (Å²) >= 11 is 0. The predicted octanol–water partition coefficient (Wildman–Crippen LogP) is 11.7. The summed E-state index contributed by atoms with van der Waals surface area (Å²) in [6.07, 6.45) is 15.0. The summed E-state index contributed by atoms with van der Waals surface area (Å²) in [6.45, 7) is 2.33. The first-order valence-corrected chi connectivity index (χ1v) is 18.6. The van der Waals surface area contributed by atoms with E-state index >= 15 is 0 Å². The first-order chi connectivity index (χ1) is 26.2. The van der Waals surface area contributed by atoms with Crippen LogP contribution in [0.1, 0.15) is 24.5 Å². The fraction of sp³-hybridized carbons (Fsp3) is 0.102. The predicted molar refractivity (Wildman–Crippen MR) is 221 cm³/mol. The van der Waals surface area contributed by atoms with Crippen molar-refractivity contribution in [2.75, 3.05) is 4.90 Å². The van der Waals surface area contributed by atoms with Crippen LogP contribution in [0.15, 0.2) is 170 Å². The molecule has 3 heterocycles. The van der Waals surface area contributed by atoms with Crippen LogP contribution in [0, 0.1) is 5.92 Å². The molecule has 0 radical (unpaired) electrons. The summed E-state index contributed by atoms with van der Waals surface area (Å²) in [7, 11) is 0. The number of fused-ring (bicyclic) bond motifs is 9. The second-order valence-corrected chi connectivity index (χ2v) is 14.6. The highest BCUT2D eigenvalue weighted by Crippen LogP contribution is 2.48. The Balaban J connectivity index is 1.10. The van der Waals surface area contributed by atoms with Gasteiger partial charge in [0.05, 0.1) is 34.3 Å². The number of rotatable bonds is 4. The number of aromatic nitrogens is 3. The Kier molecular flexibility index (Phi) is 6.69. The van der Waals surface area contributed by atoms with Crippen LogP contribution < -0.4 is 4.90 Å². The van der Waals surface area contributed by atoms with Crippen LogP contribution in [0.5, 0.6) is 0 Å². The van der Waals surface area contributed by atoms with Gasteiger partial charge in [-0.2, -0.15) is 0 Å². The van der Waals surface area contributed by atoms with Gasteiger partial charge in [0.1, 0.15) is 0 Å². The topological polar surface area (TPSA) is 34.0 Å². The number of allylic oxidation sites excluding steroid dienone is 4. The minimum atomic E-state index is 0.318. The lowest BCUT2D eigenvalue weighted by Crippen LogP contribution is -2.43. The molecule has 0 saturated heterocycles. The molecule has 4 heteroatoms. The second-order valence-electron chi connectivity index (χ2n) is 14.6. The van der Waals surface area contributed by atoms with Gasteiger partial charge < -0.3 is 4.90 Å². The van der Waals surface area contributed by atoms with Crippen molar-refractivity contribution >= 4 is 60.3 Å². The minimum Gasteiger partial charge on any atom is -0.357 e. The molecule has 3 unspecified atom stereocenters. The summed E-state index contributed by atoms with van der Waals surface area (Å²) < 4.78 is 2.27. The normalized spacial score (nSPS) is 19.2. The van der Waals surface area contributed by atoms with E-state index in [4.69, 9.17) is 9.97 Å². The fourth-order valence-corrected chi connectivity index (χ4v) is 9.11. The van der Waals surface area contributed by atoms with Crippen LogP contribution in [0.25, 0.3) is 71.8 Å². The minimum absolute atomic E-state index is 0.318. The fourth-order valence-electron chi connectivity index (χ4n) is 9.11. The van der Waals surface area contributed by atoms with Gasteiger partial charge in [-0.05, 0) is 76.2 Å². The molecule has 0 bridgehead atoms. The highest BCUT2D eigenvalue weighted by Gasteiger charge is 2.39. The zero-order valence-electron chi connectivity index (χ0n) is 29.4. The first-order valence-electron chi connectivity index (χ1n) is 18.6. The molecular weight excluding hydrogens is 645 g/mol. The molecule has 3 aliphatic rings. The molecule has 0 N–H and O–H groups in total. The third kappa shape index (κ3) is 4.62. The van der Waals surface area contributed by atoms with E-state index in [9.17, 15) is 0 Å². The van der Waals surface area contributed by atoms with Crippen LogP contribution in [-0.4, -0.2) is 26.6 Å².